The average molecular weight is 253 g/mol. The molecule has 7 heteroatoms. The Morgan fingerprint density at radius 1 is 1.35 bits per heavy atom. The lowest BCUT2D eigenvalue weighted by atomic mass is 10.1. The number of alkyl halides is 3. The van der Waals surface area contributed by atoms with E-state index in [1.165, 1.54) is 11.8 Å². The highest BCUT2D eigenvalue weighted by molar-refractivity contribution is 5.78. The van der Waals surface area contributed by atoms with Gasteiger partial charge in [-0.2, -0.15) is 13.2 Å². The SMILES string of the molecule is CC(N)C(N1CCCN(C)C(=O)C1)C(F)(F)F. The molecule has 0 spiro atoms. The summed E-state index contributed by atoms with van der Waals surface area (Å²) in [6.45, 7) is 1.82. The van der Waals surface area contributed by atoms with Gasteiger partial charge in [-0.05, 0) is 13.3 Å². The van der Waals surface area contributed by atoms with E-state index in [0.29, 0.717) is 13.0 Å². The van der Waals surface area contributed by atoms with Crippen molar-refractivity contribution in [2.45, 2.75) is 31.6 Å². The van der Waals surface area contributed by atoms with E-state index in [4.69, 9.17) is 5.73 Å². The van der Waals surface area contributed by atoms with Gasteiger partial charge in [0.2, 0.25) is 5.91 Å². The van der Waals surface area contributed by atoms with Crippen LogP contribution in [0.2, 0.25) is 0 Å². The maximum atomic E-state index is 12.9. The number of rotatable bonds is 2. The molecule has 0 aliphatic carbocycles. The first-order valence-corrected chi connectivity index (χ1v) is 5.54. The molecule has 0 aromatic heterocycles. The van der Waals surface area contributed by atoms with Crippen molar-refractivity contribution < 1.29 is 18.0 Å². The molecule has 1 fully saturated rings. The molecule has 1 heterocycles. The van der Waals surface area contributed by atoms with Crippen molar-refractivity contribution in [2.75, 3.05) is 26.7 Å². The summed E-state index contributed by atoms with van der Waals surface area (Å²) in [4.78, 5) is 14.1. The van der Waals surface area contributed by atoms with Gasteiger partial charge >= 0.3 is 6.18 Å². The third-order valence-electron chi connectivity index (χ3n) is 2.93. The molecule has 1 aliphatic heterocycles. The summed E-state index contributed by atoms with van der Waals surface area (Å²) in [5.41, 5.74) is 5.40. The van der Waals surface area contributed by atoms with Crippen LogP contribution in [0.25, 0.3) is 0 Å². The minimum atomic E-state index is -4.41. The summed E-state index contributed by atoms with van der Waals surface area (Å²) in [6.07, 6.45) is -3.88. The van der Waals surface area contributed by atoms with Crippen LogP contribution in [0.5, 0.6) is 0 Å². The molecule has 2 N–H and O–H groups in total. The van der Waals surface area contributed by atoms with E-state index >= 15 is 0 Å². The Kier molecular flexibility index (Phi) is 4.37. The van der Waals surface area contributed by atoms with Gasteiger partial charge in [-0.25, -0.2) is 0 Å². The van der Waals surface area contributed by atoms with Crippen LogP contribution in [0.4, 0.5) is 13.2 Å². The van der Waals surface area contributed by atoms with Gasteiger partial charge in [0.25, 0.3) is 0 Å². The number of amides is 1. The molecule has 0 aromatic carbocycles. The predicted molar refractivity (Wildman–Crippen MR) is 57.3 cm³/mol. The normalized spacial score (nSPS) is 23.4. The number of carbonyl (C=O) groups is 1. The van der Waals surface area contributed by atoms with E-state index in [9.17, 15) is 18.0 Å². The third kappa shape index (κ3) is 3.57. The molecule has 100 valence electrons. The highest BCUT2D eigenvalue weighted by atomic mass is 19.4. The zero-order chi connectivity index (χ0) is 13.2. The Bertz CT molecular complexity index is 280. The van der Waals surface area contributed by atoms with Crippen molar-refractivity contribution in [1.82, 2.24) is 9.80 Å². The molecule has 1 amide bonds. The molecular formula is C10H18F3N3O. The van der Waals surface area contributed by atoms with Crippen molar-refractivity contribution >= 4 is 5.91 Å². The number of carbonyl (C=O) groups excluding carboxylic acids is 1. The highest BCUT2D eigenvalue weighted by Crippen LogP contribution is 2.27. The lowest BCUT2D eigenvalue weighted by Crippen LogP contribution is -2.56. The maximum Gasteiger partial charge on any atom is 0.405 e. The van der Waals surface area contributed by atoms with Crippen molar-refractivity contribution in [3.63, 3.8) is 0 Å². The van der Waals surface area contributed by atoms with Crippen LogP contribution < -0.4 is 5.73 Å². The quantitative estimate of drug-likeness (QED) is 0.776. The molecule has 1 saturated heterocycles. The zero-order valence-corrected chi connectivity index (χ0v) is 10.00. The van der Waals surface area contributed by atoms with Crippen molar-refractivity contribution in [3.05, 3.63) is 0 Å². The van der Waals surface area contributed by atoms with Crippen LogP contribution in [0.15, 0.2) is 0 Å². The minimum Gasteiger partial charge on any atom is -0.345 e. The van der Waals surface area contributed by atoms with Gasteiger partial charge < -0.3 is 10.6 Å². The highest BCUT2D eigenvalue weighted by Gasteiger charge is 2.46. The Balaban J connectivity index is 2.84. The molecule has 0 bridgehead atoms. The van der Waals surface area contributed by atoms with Crippen LogP contribution in [0, 0.1) is 0 Å². The number of hydrogen-bond acceptors (Lipinski definition) is 3. The molecule has 0 radical (unpaired) electrons. The van der Waals surface area contributed by atoms with Crippen LogP contribution in [-0.4, -0.2) is 60.6 Å². The second-order valence-corrected chi connectivity index (χ2v) is 4.48. The van der Waals surface area contributed by atoms with Crippen LogP contribution in [0.3, 0.4) is 0 Å². The monoisotopic (exact) mass is 253 g/mol. The van der Waals surface area contributed by atoms with E-state index in [2.05, 4.69) is 0 Å². The third-order valence-corrected chi connectivity index (χ3v) is 2.93. The Morgan fingerprint density at radius 3 is 2.41 bits per heavy atom. The van der Waals surface area contributed by atoms with E-state index in [0.717, 1.165) is 4.90 Å². The molecule has 0 saturated carbocycles. The van der Waals surface area contributed by atoms with Crippen molar-refractivity contribution in [3.8, 4) is 0 Å². The molecule has 1 rings (SSSR count). The van der Waals surface area contributed by atoms with E-state index in [1.807, 2.05) is 0 Å². The molecule has 2 unspecified atom stereocenters. The van der Waals surface area contributed by atoms with Gasteiger partial charge in [0.1, 0.15) is 6.04 Å². The first-order chi connectivity index (χ1) is 7.73. The number of likely N-dealkylation sites (N-methyl/N-ethyl adjacent to an activating group) is 1. The number of nitrogens with two attached hydrogens (primary N) is 1. The van der Waals surface area contributed by atoms with Crippen LogP contribution in [-0.2, 0) is 4.79 Å². The minimum absolute atomic E-state index is 0.220. The van der Waals surface area contributed by atoms with Crippen molar-refractivity contribution in [2.24, 2.45) is 5.73 Å². The second kappa shape index (κ2) is 5.22. The number of nitrogens with zero attached hydrogens (tertiary/aromatic N) is 2. The van der Waals surface area contributed by atoms with Gasteiger partial charge in [0.05, 0.1) is 6.54 Å². The fourth-order valence-electron chi connectivity index (χ4n) is 2.08. The molecule has 1 aliphatic rings. The Morgan fingerprint density at radius 2 is 1.94 bits per heavy atom. The van der Waals surface area contributed by atoms with E-state index in [-0.39, 0.29) is 19.0 Å². The second-order valence-electron chi connectivity index (χ2n) is 4.48. The summed E-state index contributed by atoms with van der Waals surface area (Å²) < 4.78 is 38.6. The predicted octanol–water partition coefficient (Wildman–Crippen LogP) is 0.429. The molecule has 2 atom stereocenters. The van der Waals surface area contributed by atoms with Gasteiger partial charge in [0, 0.05) is 26.2 Å². The average Bonchev–Trinajstić information content (AvgIpc) is 2.27. The fourth-order valence-corrected chi connectivity index (χ4v) is 2.08. The molecule has 0 aromatic rings. The summed E-state index contributed by atoms with van der Waals surface area (Å²) in [5.74, 6) is -0.294. The molecule has 17 heavy (non-hydrogen) atoms. The topological polar surface area (TPSA) is 49.6 Å². The summed E-state index contributed by atoms with van der Waals surface area (Å²) in [6, 6.07) is -2.80. The lowest BCUT2D eigenvalue weighted by Gasteiger charge is -2.33. The first kappa shape index (κ1) is 14.2. The molecule has 4 nitrogen and oxygen atoms in total. The number of hydrogen-bond donors (Lipinski definition) is 1. The summed E-state index contributed by atoms with van der Waals surface area (Å²) in [5, 5.41) is 0. The maximum absolute atomic E-state index is 12.9. The van der Waals surface area contributed by atoms with Gasteiger partial charge in [-0.3, -0.25) is 9.69 Å². The fraction of sp³-hybridized carbons (Fsp3) is 0.900. The van der Waals surface area contributed by atoms with Gasteiger partial charge in [0.15, 0.2) is 0 Å². The lowest BCUT2D eigenvalue weighted by molar-refractivity contribution is -0.188. The molecular weight excluding hydrogens is 235 g/mol. The summed E-state index contributed by atoms with van der Waals surface area (Å²) in [7, 11) is 1.60. The largest absolute Gasteiger partial charge is 0.405 e. The zero-order valence-electron chi connectivity index (χ0n) is 10.00. The number of halogens is 3. The van der Waals surface area contributed by atoms with Crippen LogP contribution in [0.1, 0.15) is 13.3 Å². The smallest absolute Gasteiger partial charge is 0.345 e. The van der Waals surface area contributed by atoms with Crippen molar-refractivity contribution in [1.29, 1.82) is 0 Å². The Hall–Kier alpha value is -0.820. The standard InChI is InChI=1S/C10H18F3N3O/c1-7(14)9(10(11,12)13)16-5-3-4-15(2)8(17)6-16/h7,9H,3-6,14H2,1-2H3. The van der Waals surface area contributed by atoms with E-state index < -0.39 is 18.3 Å². The van der Waals surface area contributed by atoms with Crippen LogP contribution >= 0.6 is 0 Å². The van der Waals surface area contributed by atoms with E-state index in [1.54, 1.807) is 7.05 Å². The summed E-state index contributed by atoms with van der Waals surface area (Å²) >= 11 is 0. The van der Waals surface area contributed by atoms with Gasteiger partial charge in [-0.15, -0.1) is 0 Å². The Labute approximate surface area is 98.5 Å². The van der Waals surface area contributed by atoms with Gasteiger partial charge in [-0.1, -0.05) is 0 Å². The first-order valence-electron chi connectivity index (χ1n) is 5.54.